The Morgan fingerprint density at radius 3 is 3.11 bits per heavy atom. The predicted molar refractivity (Wildman–Crippen MR) is 65.1 cm³/mol. The van der Waals surface area contributed by atoms with Gasteiger partial charge in [0, 0.05) is 0 Å². The molecule has 0 bridgehead atoms. The van der Waals surface area contributed by atoms with E-state index in [0.717, 1.165) is 0 Å². The third-order valence-corrected chi connectivity index (χ3v) is 2.66. The Kier molecular flexibility index (Phi) is 2.32. The fraction of sp³-hybridized carbons (Fsp3) is 0.0909. The number of hydrogen-bond acceptors (Lipinski definition) is 6. The highest BCUT2D eigenvalue weighted by Gasteiger charge is 2.12. The highest BCUT2D eigenvalue weighted by atomic mass is 16.3. The monoisotopic (exact) mass is 256 g/mol. The molecule has 3 aromatic heterocycles. The van der Waals surface area contributed by atoms with Gasteiger partial charge in [0.1, 0.15) is 11.8 Å². The maximum absolute atomic E-state index is 12.1. The van der Waals surface area contributed by atoms with E-state index < -0.39 is 0 Å². The molecule has 0 aliphatic rings. The second kappa shape index (κ2) is 3.99. The molecule has 3 N–H and O–H groups in total. The number of hydrogen-bond donors (Lipinski definition) is 2. The number of furan rings is 1. The van der Waals surface area contributed by atoms with Crippen LogP contribution in [0.2, 0.25) is 0 Å². The lowest BCUT2D eigenvalue weighted by atomic mass is 10.4. The van der Waals surface area contributed by atoms with Crippen molar-refractivity contribution in [2.45, 2.75) is 6.54 Å². The van der Waals surface area contributed by atoms with Gasteiger partial charge >= 0.3 is 0 Å². The summed E-state index contributed by atoms with van der Waals surface area (Å²) in [5.74, 6) is 0.675. The summed E-state index contributed by atoms with van der Waals surface area (Å²) in [6.45, 7) is 0.0994. The maximum atomic E-state index is 12.1. The van der Waals surface area contributed by atoms with E-state index in [-0.39, 0.29) is 29.3 Å². The summed E-state index contributed by atoms with van der Waals surface area (Å²) in [7, 11) is 0. The standard InChI is InChI=1S/C11H8N6O2/c12-3-6-1-2-7(19-6)4-17-10(18)8-9(15-5-14-8)16-11(17)13/h1-2,5H,4H2,(H2,13,16)(H,14,15). The van der Waals surface area contributed by atoms with Crippen LogP contribution in [0.5, 0.6) is 0 Å². The number of nitriles is 1. The summed E-state index contributed by atoms with van der Waals surface area (Å²) < 4.78 is 6.45. The van der Waals surface area contributed by atoms with Gasteiger partial charge in [0.05, 0.1) is 12.9 Å². The maximum Gasteiger partial charge on any atom is 0.283 e. The number of aromatic amines is 1. The Morgan fingerprint density at radius 1 is 1.53 bits per heavy atom. The van der Waals surface area contributed by atoms with Crippen molar-refractivity contribution >= 4 is 17.1 Å². The number of rotatable bonds is 2. The highest BCUT2D eigenvalue weighted by molar-refractivity contribution is 5.69. The van der Waals surface area contributed by atoms with E-state index in [1.54, 1.807) is 6.07 Å². The zero-order chi connectivity index (χ0) is 13.4. The molecule has 0 fully saturated rings. The molecule has 19 heavy (non-hydrogen) atoms. The molecule has 8 nitrogen and oxygen atoms in total. The van der Waals surface area contributed by atoms with Crippen molar-refractivity contribution < 1.29 is 4.42 Å². The van der Waals surface area contributed by atoms with Gasteiger partial charge in [-0.1, -0.05) is 0 Å². The molecule has 0 aliphatic carbocycles. The molecule has 0 saturated heterocycles. The minimum atomic E-state index is -0.362. The van der Waals surface area contributed by atoms with Crippen LogP contribution >= 0.6 is 0 Å². The number of nitrogens with zero attached hydrogens (tertiary/aromatic N) is 4. The summed E-state index contributed by atoms with van der Waals surface area (Å²) in [5, 5.41) is 8.68. The van der Waals surface area contributed by atoms with E-state index in [2.05, 4.69) is 15.0 Å². The summed E-state index contributed by atoms with van der Waals surface area (Å²) in [4.78, 5) is 22.8. The fourth-order valence-corrected chi connectivity index (χ4v) is 1.77. The van der Waals surface area contributed by atoms with Gasteiger partial charge in [-0.15, -0.1) is 0 Å². The number of nitrogen functional groups attached to an aromatic ring is 1. The summed E-state index contributed by atoms with van der Waals surface area (Å²) in [6, 6.07) is 5.00. The van der Waals surface area contributed by atoms with Gasteiger partial charge < -0.3 is 15.1 Å². The van der Waals surface area contributed by atoms with Crippen molar-refractivity contribution in [3.63, 3.8) is 0 Å². The van der Waals surface area contributed by atoms with Crippen LogP contribution in [0.3, 0.4) is 0 Å². The first-order chi connectivity index (χ1) is 9.19. The Balaban J connectivity index is 2.10. The zero-order valence-electron chi connectivity index (χ0n) is 9.62. The number of nitrogens with one attached hydrogen (secondary N) is 1. The van der Waals surface area contributed by atoms with E-state index >= 15 is 0 Å². The quantitative estimate of drug-likeness (QED) is 0.675. The van der Waals surface area contributed by atoms with Crippen molar-refractivity contribution in [3.05, 3.63) is 40.3 Å². The minimum Gasteiger partial charge on any atom is -0.449 e. The van der Waals surface area contributed by atoms with Gasteiger partial charge in [0.2, 0.25) is 11.7 Å². The number of imidazole rings is 1. The molecule has 0 unspecified atom stereocenters. The van der Waals surface area contributed by atoms with E-state index in [1.807, 2.05) is 6.07 Å². The van der Waals surface area contributed by atoms with Crippen molar-refractivity contribution in [2.75, 3.05) is 5.73 Å². The molecule has 0 amide bonds. The van der Waals surface area contributed by atoms with Crippen molar-refractivity contribution in [1.29, 1.82) is 5.26 Å². The molecule has 0 radical (unpaired) electrons. The number of H-pyrrole nitrogens is 1. The van der Waals surface area contributed by atoms with Gasteiger partial charge in [-0.25, -0.2) is 4.98 Å². The molecule has 94 valence electrons. The van der Waals surface area contributed by atoms with Crippen molar-refractivity contribution in [3.8, 4) is 6.07 Å². The van der Waals surface area contributed by atoms with E-state index in [9.17, 15) is 4.79 Å². The van der Waals surface area contributed by atoms with Gasteiger partial charge in [-0.05, 0) is 12.1 Å². The van der Waals surface area contributed by atoms with Crippen LogP contribution in [0.1, 0.15) is 11.5 Å². The summed E-state index contributed by atoms with van der Waals surface area (Å²) in [5.41, 5.74) is 5.92. The van der Waals surface area contributed by atoms with Crippen LogP contribution in [0.25, 0.3) is 11.2 Å². The average molecular weight is 256 g/mol. The molecule has 0 spiro atoms. The van der Waals surface area contributed by atoms with E-state index in [1.165, 1.54) is 17.0 Å². The number of fused-ring (bicyclic) bond motifs is 1. The van der Waals surface area contributed by atoms with Crippen LogP contribution in [-0.2, 0) is 6.54 Å². The lowest BCUT2D eigenvalue weighted by Gasteiger charge is -2.06. The lowest BCUT2D eigenvalue weighted by Crippen LogP contribution is -2.25. The van der Waals surface area contributed by atoms with Crippen LogP contribution in [0, 0.1) is 11.3 Å². The largest absolute Gasteiger partial charge is 0.449 e. The van der Waals surface area contributed by atoms with Gasteiger partial charge in [0.25, 0.3) is 5.56 Å². The van der Waals surface area contributed by atoms with Gasteiger partial charge in [-0.3, -0.25) is 9.36 Å². The fourth-order valence-electron chi connectivity index (χ4n) is 1.77. The van der Waals surface area contributed by atoms with Crippen LogP contribution in [-0.4, -0.2) is 19.5 Å². The average Bonchev–Trinajstić information content (AvgIpc) is 3.02. The molecule has 0 saturated carbocycles. The Bertz CT molecular complexity index is 850. The predicted octanol–water partition coefficient (Wildman–Crippen LogP) is 0.215. The van der Waals surface area contributed by atoms with Crippen molar-refractivity contribution in [2.24, 2.45) is 0 Å². The molecule has 3 aromatic rings. The SMILES string of the molecule is N#Cc1ccc(Cn2c(N)nc3[nH]cnc3c2=O)o1. The Hall–Kier alpha value is -3.08. The smallest absolute Gasteiger partial charge is 0.283 e. The van der Waals surface area contributed by atoms with E-state index in [4.69, 9.17) is 15.4 Å². The Labute approximate surface area is 106 Å². The molecule has 8 heteroatoms. The number of aromatic nitrogens is 4. The molecule has 0 aliphatic heterocycles. The first-order valence-electron chi connectivity index (χ1n) is 5.37. The molecule has 3 rings (SSSR count). The Morgan fingerprint density at radius 2 is 2.37 bits per heavy atom. The first kappa shape index (κ1) is 11.0. The van der Waals surface area contributed by atoms with Crippen LogP contribution < -0.4 is 11.3 Å². The molecule has 3 heterocycles. The normalized spacial score (nSPS) is 10.7. The van der Waals surface area contributed by atoms with Gasteiger partial charge in [0.15, 0.2) is 11.2 Å². The number of anilines is 1. The third-order valence-electron chi connectivity index (χ3n) is 2.66. The zero-order valence-corrected chi connectivity index (χ0v) is 9.62. The summed E-state index contributed by atoms with van der Waals surface area (Å²) in [6.07, 6.45) is 1.38. The highest BCUT2D eigenvalue weighted by Crippen LogP contribution is 2.10. The molecular formula is C11H8N6O2. The topological polar surface area (TPSA) is 127 Å². The second-order valence-electron chi connectivity index (χ2n) is 3.84. The van der Waals surface area contributed by atoms with Crippen LogP contribution in [0.4, 0.5) is 5.95 Å². The van der Waals surface area contributed by atoms with Crippen molar-refractivity contribution in [1.82, 2.24) is 19.5 Å². The number of nitrogens with two attached hydrogens (primary N) is 1. The van der Waals surface area contributed by atoms with Gasteiger partial charge in [-0.2, -0.15) is 10.2 Å². The molecule has 0 aromatic carbocycles. The molecule has 0 atom stereocenters. The first-order valence-corrected chi connectivity index (χ1v) is 5.37. The summed E-state index contributed by atoms with van der Waals surface area (Å²) >= 11 is 0. The third kappa shape index (κ3) is 1.73. The van der Waals surface area contributed by atoms with E-state index in [0.29, 0.717) is 11.4 Å². The minimum absolute atomic E-state index is 0.0525. The molecular weight excluding hydrogens is 248 g/mol. The second-order valence-corrected chi connectivity index (χ2v) is 3.84. The lowest BCUT2D eigenvalue weighted by molar-refractivity contribution is 0.481. The van der Waals surface area contributed by atoms with Crippen LogP contribution in [0.15, 0.2) is 27.7 Å².